The van der Waals surface area contributed by atoms with Crippen LogP contribution in [-0.4, -0.2) is 96.4 Å². The van der Waals surface area contributed by atoms with Gasteiger partial charge in [0.1, 0.15) is 17.1 Å². The molecule has 0 spiro atoms. The van der Waals surface area contributed by atoms with E-state index in [0.29, 0.717) is 58.8 Å². The van der Waals surface area contributed by atoms with Crippen LogP contribution in [0.25, 0.3) is 0 Å². The van der Waals surface area contributed by atoms with Crippen molar-refractivity contribution in [2.24, 2.45) is 5.92 Å². The molecule has 3 heterocycles. The molecule has 1 aromatic heterocycles. The maximum atomic E-state index is 14.4. The summed E-state index contributed by atoms with van der Waals surface area (Å²) < 4.78 is 28.6. The lowest BCUT2D eigenvalue weighted by Crippen LogP contribution is -2.48. The van der Waals surface area contributed by atoms with Crippen LogP contribution in [0.3, 0.4) is 0 Å². The molecule has 4 atom stereocenters. The summed E-state index contributed by atoms with van der Waals surface area (Å²) in [7, 11) is 1.69. The molecule has 0 saturated carbocycles. The van der Waals surface area contributed by atoms with Crippen LogP contribution >= 0.6 is 0 Å². The second-order valence-electron chi connectivity index (χ2n) is 13.2. The van der Waals surface area contributed by atoms with Gasteiger partial charge >= 0.3 is 12.1 Å². The molecule has 2 aliphatic rings. The van der Waals surface area contributed by atoms with E-state index in [2.05, 4.69) is 21.1 Å². The molecular weight excluding hydrogens is 660 g/mol. The summed E-state index contributed by atoms with van der Waals surface area (Å²) in [6, 6.07) is 8.69. The van der Waals surface area contributed by atoms with E-state index in [1.165, 1.54) is 0 Å². The van der Waals surface area contributed by atoms with E-state index in [1.54, 1.807) is 74.0 Å². The number of fused-ring (bicyclic) bond motifs is 2. The minimum Gasteiger partial charge on any atom is -0.490 e. The average Bonchev–Trinajstić information content (AvgIpc) is 3.70. The van der Waals surface area contributed by atoms with E-state index >= 15 is 0 Å². The molecule has 0 saturated heterocycles. The number of urea groups is 2. The Labute approximate surface area is 297 Å². The number of aliphatic hydroxyl groups is 1. The number of ether oxygens (including phenoxy) is 4. The van der Waals surface area contributed by atoms with Crippen LogP contribution in [0.5, 0.6) is 17.2 Å². The third kappa shape index (κ3) is 9.41. The number of nitrogens with one attached hydrogen (secondary N) is 3. The molecule has 15 nitrogen and oxygen atoms in total. The highest BCUT2D eigenvalue weighted by atomic mass is 16.7. The van der Waals surface area contributed by atoms with Crippen LogP contribution in [0.1, 0.15) is 61.8 Å². The van der Waals surface area contributed by atoms with Crippen molar-refractivity contribution < 1.29 is 43.0 Å². The lowest BCUT2D eigenvalue weighted by molar-refractivity contribution is -0.0115. The van der Waals surface area contributed by atoms with Crippen LogP contribution in [0.4, 0.5) is 26.7 Å². The van der Waals surface area contributed by atoms with Gasteiger partial charge in [-0.2, -0.15) is 0 Å². The highest BCUT2D eigenvalue weighted by Gasteiger charge is 2.31. The molecule has 15 heteroatoms. The van der Waals surface area contributed by atoms with E-state index in [0.717, 1.165) is 12.8 Å². The first-order valence-corrected chi connectivity index (χ1v) is 17.2. The molecule has 5 rings (SSSR count). The van der Waals surface area contributed by atoms with Gasteiger partial charge in [-0.05, 0) is 77.3 Å². The Hall–Kier alpha value is -5.02. The molecule has 5 amide bonds. The zero-order valence-corrected chi connectivity index (χ0v) is 30.0. The van der Waals surface area contributed by atoms with Gasteiger partial charge in [-0.3, -0.25) is 4.79 Å². The van der Waals surface area contributed by atoms with Crippen molar-refractivity contribution in [3.8, 4) is 17.2 Å². The first-order chi connectivity index (χ1) is 24.4. The summed E-state index contributed by atoms with van der Waals surface area (Å²) in [5.41, 5.74) is 2.16. The number of aromatic nitrogens is 1. The van der Waals surface area contributed by atoms with Crippen LogP contribution in [0.15, 0.2) is 40.9 Å². The van der Waals surface area contributed by atoms with Crippen LogP contribution in [0, 0.1) is 19.8 Å². The van der Waals surface area contributed by atoms with Crippen molar-refractivity contribution in [3.63, 3.8) is 0 Å². The Kier molecular flexibility index (Phi) is 12.3. The van der Waals surface area contributed by atoms with Crippen molar-refractivity contribution in [1.82, 2.24) is 15.0 Å². The van der Waals surface area contributed by atoms with Gasteiger partial charge in [0.15, 0.2) is 17.3 Å². The summed E-state index contributed by atoms with van der Waals surface area (Å²) in [5, 5.41) is 22.6. The van der Waals surface area contributed by atoms with Crippen molar-refractivity contribution in [3.05, 3.63) is 53.4 Å². The van der Waals surface area contributed by atoms with E-state index in [9.17, 15) is 19.5 Å². The number of rotatable bonds is 7. The Morgan fingerprint density at radius 1 is 1.02 bits per heavy atom. The second kappa shape index (κ2) is 16.8. The van der Waals surface area contributed by atoms with Crippen molar-refractivity contribution in [2.75, 3.05) is 56.1 Å². The summed E-state index contributed by atoms with van der Waals surface area (Å²) >= 11 is 0. The van der Waals surface area contributed by atoms with E-state index < -0.39 is 18.2 Å². The lowest BCUT2D eigenvalue weighted by Gasteiger charge is -2.35. The monoisotopic (exact) mass is 708 g/mol. The van der Waals surface area contributed by atoms with Gasteiger partial charge in [0.25, 0.3) is 5.91 Å². The molecule has 2 aliphatic heterocycles. The molecule has 276 valence electrons. The number of nitrogens with zero attached hydrogens (tertiary/aromatic N) is 3. The number of carbonyl (C=O) groups excluding carboxylic acids is 3. The normalized spacial score (nSPS) is 20.0. The molecule has 51 heavy (non-hydrogen) atoms. The minimum atomic E-state index is -0.565. The second-order valence-corrected chi connectivity index (χ2v) is 13.2. The standard InChI is InChI=1S/C36H48N6O9/c1-21-17-42(22(2)19-43)34(44)28-15-26(37-35(45)39-33-24(4)40-51-25(33)5)10-12-29(28)50-23(3)9-7-8-14-47-32(21)18-41(6)36(46)38-27-11-13-30-31(16-27)49-20-48-30/h10-13,15-16,21-23,32,43H,7-9,14,17-20H2,1-6H3,(H,38,46)(H2,37,39,45)/t21-,22+,23+,32+/m0/s1. The van der Waals surface area contributed by atoms with Gasteiger partial charge in [0.05, 0.1) is 30.4 Å². The minimum absolute atomic E-state index is 0.134. The molecule has 0 unspecified atom stereocenters. The number of likely N-dealkylation sites (N-methyl/N-ethyl adjacent to an activating group) is 1. The first-order valence-electron chi connectivity index (χ1n) is 17.2. The zero-order chi connectivity index (χ0) is 36.7. The summed E-state index contributed by atoms with van der Waals surface area (Å²) in [4.78, 5) is 43.7. The van der Waals surface area contributed by atoms with Gasteiger partial charge in [0, 0.05) is 50.1 Å². The first kappa shape index (κ1) is 37.2. The van der Waals surface area contributed by atoms with Gasteiger partial charge in [0.2, 0.25) is 6.79 Å². The Morgan fingerprint density at radius 3 is 2.47 bits per heavy atom. The zero-order valence-electron chi connectivity index (χ0n) is 30.0. The average molecular weight is 709 g/mol. The number of benzene rings is 2. The third-order valence-corrected chi connectivity index (χ3v) is 9.01. The highest BCUT2D eigenvalue weighted by Crippen LogP contribution is 2.34. The maximum absolute atomic E-state index is 14.4. The van der Waals surface area contributed by atoms with Crippen LogP contribution < -0.4 is 30.2 Å². The Morgan fingerprint density at radius 2 is 1.75 bits per heavy atom. The Bertz CT molecular complexity index is 1680. The number of hydrogen-bond donors (Lipinski definition) is 4. The molecule has 3 aromatic rings. The molecule has 4 N–H and O–H groups in total. The number of carbonyl (C=O) groups is 3. The van der Waals surface area contributed by atoms with E-state index in [4.69, 9.17) is 23.5 Å². The van der Waals surface area contributed by atoms with E-state index in [-0.39, 0.29) is 56.0 Å². The highest BCUT2D eigenvalue weighted by molar-refractivity contribution is 6.03. The summed E-state index contributed by atoms with van der Waals surface area (Å²) in [6.07, 6.45) is 1.66. The summed E-state index contributed by atoms with van der Waals surface area (Å²) in [5.74, 6) is 1.38. The summed E-state index contributed by atoms with van der Waals surface area (Å²) in [6.45, 7) is 9.84. The number of amides is 5. The number of anilines is 3. The fourth-order valence-electron chi connectivity index (χ4n) is 5.95. The number of hydrogen-bond acceptors (Lipinski definition) is 10. The van der Waals surface area contributed by atoms with Gasteiger partial charge < -0.3 is 54.3 Å². The lowest BCUT2D eigenvalue weighted by atomic mass is 10.0. The molecule has 0 radical (unpaired) electrons. The molecule has 0 bridgehead atoms. The molecule has 0 fully saturated rings. The smallest absolute Gasteiger partial charge is 0.323 e. The number of aliphatic hydroxyl groups excluding tert-OH is 1. The molecule has 0 aliphatic carbocycles. The van der Waals surface area contributed by atoms with E-state index in [1.807, 2.05) is 13.8 Å². The fourth-order valence-corrected chi connectivity index (χ4v) is 5.95. The van der Waals surface area contributed by atoms with Gasteiger partial charge in [-0.25, -0.2) is 9.59 Å². The topological polar surface area (TPSA) is 177 Å². The van der Waals surface area contributed by atoms with Crippen LogP contribution in [-0.2, 0) is 4.74 Å². The molecule has 2 aromatic carbocycles. The predicted octanol–water partition coefficient (Wildman–Crippen LogP) is 5.62. The third-order valence-electron chi connectivity index (χ3n) is 9.01. The van der Waals surface area contributed by atoms with Crippen LogP contribution in [0.2, 0.25) is 0 Å². The Balaban J connectivity index is 1.35. The maximum Gasteiger partial charge on any atom is 0.323 e. The van der Waals surface area contributed by atoms with Crippen molar-refractivity contribution in [1.29, 1.82) is 0 Å². The van der Waals surface area contributed by atoms with Gasteiger partial charge in [-0.1, -0.05) is 12.1 Å². The fraction of sp³-hybridized carbons (Fsp3) is 0.500. The molecular formula is C36H48N6O9. The largest absolute Gasteiger partial charge is 0.490 e. The van der Waals surface area contributed by atoms with Crippen molar-refractivity contribution >= 4 is 35.0 Å². The quantitative estimate of drug-likeness (QED) is 0.241. The van der Waals surface area contributed by atoms with Gasteiger partial charge in [-0.15, -0.1) is 0 Å². The predicted molar refractivity (Wildman–Crippen MR) is 190 cm³/mol. The SMILES string of the molecule is Cc1noc(C)c1NC(=O)Nc1ccc2c(c1)C(=O)N([C@H](C)CO)C[C@H](C)[C@@H](CN(C)C(=O)Nc1ccc3c(c1)OCO3)OCCCC[C@@H](C)O2. The van der Waals surface area contributed by atoms with Crippen molar-refractivity contribution in [2.45, 2.75) is 72.1 Å². The number of aryl methyl sites for hydroxylation is 2.